The van der Waals surface area contributed by atoms with E-state index >= 15 is 0 Å². The molecule has 0 fully saturated rings. The minimum absolute atomic E-state index is 0.644. The molecule has 0 aliphatic heterocycles. The molecule has 0 unspecified atom stereocenters. The van der Waals surface area contributed by atoms with Gasteiger partial charge in [-0.2, -0.15) is 0 Å². The molecule has 0 amide bonds. The lowest BCUT2D eigenvalue weighted by molar-refractivity contribution is 0.342. The molecule has 2 nitrogen and oxygen atoms in total. The summed E-state index contributed by atoms with van der Waals surface area (Å²) in [6.45, 7) is 2.61. The zero-order chi connectivity index (χ0) is 14.2. The highest BCUT2D eigenvalue weighted by Crippen LogP contribution is 2.23. The summed E-state index contributed by atoms with van der Waals surface area (Å²) < 4.78 is 5.55. The predicted octanol–water partition coefficient (Wildman–Crippen LogP) is 4.43. The Kier molecular flexibility index (Phi) is 5.33. The second-order valence-corrected chi connectivity index (χ2v) is 4.58. The number of thiocarbonyl (C=S) groups is 1. The third kappa shape index (κ3) is 3.93. The van der Waals surface area contributed by atoms with Gasteiger partial charge < -0.3 is 10.1 Å². The first kappa shape index (κ1) is 14.3. The van der Waals surface area contributed by atoms with E-state index in [9.17, 15) is 0 Å². The smallest absolute Gasteiger partial charge is 0.142 e. The number of allylic oxidation sites excluding steroid dienone is 1. The SMILES string of the molecule is CCOc1ccccc1NC=CC(=S)c1ccccc1. The largest absolute Gasteiger partial charge is 0.492 e. The monoisotopic (exact) mass is 283 g/mol. The van der Waals surface area contributed by atoms with Crippen LogP contribution in [0.5, 0.6) is 5.75 Å². The Bertz CT molecular complexity index is 593. The fraction of sp³-hybridized carbons (Fsp3) is 0.118. The number of para-hydroxylation sites is 2. The van der Waals surface area contributed by atoms with Gasteiger partial charge in [0.15, 0.2) is 0 Å². The Morgan fingerprint density at radius 2 is 1.80 bits per heavy atom. The molecule has 0 bridgehead atoms. The van der Waals surface area contributed by atoms with Crippen molar-refractivity contribution in [2.24, 2.45) is 0 Å². The zero-order valence-corrected chi connectivity index (χ0v) is 12.2. The van der Waals surface area contributed by atoms with Crippen LogP contribution in [0.4, 0.5) is 5.69 Å². The Labute approximate surface area is 125 Å². The van der Waals surface area contributed by atoms with Gasteiger partial charge in [-0.05, 0) is 30.7 Å². The average molecular weight is 283 g/mol. The number of benzene rings is 2. The average Bonchev–Trinajstić information content (AvgIpc) is 2.50. The van der Waals surface area contributed by atoms with Crippen LogP contribution in [0.1, 0.15) is 12.5 Å². The molecule has 3 heteroatoms. The molecule has 0 atom stereocenters. The molecule has 2 rings (SSSR count). The predicted molar refractivity (Wildman–Crippen MR) is 88.5 cm³/mol. The van der Waals surface area contributed by atoms with Crippen LogP contribution in [0, 0.1) is 0 Å². The molecule has 0 aliphatic carbocycles. The number of nitrogens with one attached hydrogen (secondary N) is 1. The van der Waals surface area contributed by atoms with E-state index in [-0.39, 0.29) is 0 Å². The Balaban J connectivity index is 2.02. The molecule has 102 valence electrons. The number of anilines is 1. The molecule has 0 spiro atoms. The molecular formula is C17H17NOS. The van der Waals surface area contributed by atoms with Crippen molar-refractivity contribution in [1.82, 2.24) is 0 Å². The number of hydrogen-bond donors (Lipinski definition) is 1. The van der Waals surface area contributed by atoms with Crippen LogP contribution < -0.4 is 10.1 Å². The Morgan fingerprint density at radius 3 is 2.55 bits per heavy atom. The van der Waals surface area contributed by atoms with Gasteiger partial charge in [-0.15, -0.1) is 0 Å². The number of rotatable bonds is 6. The van der Waals surface area contributed by atoms with Crippen LogP contribution >= 0.6 is 12.2 Å². The van der Waals surface area contributed by atoms with Crippen LogP contribution in [-0.2, 0) is 0 Å². The van der Waals surface area contributed by atoms with Crippen molar-refractivity contribution in [2.75, 3.05) is 11.9 Å². The van der Waals surface area contributed by atoms with Crippen molar-refractivity contribution >= 4 is 22.8 Å². The van der Waals surface area contributed by atoms with E-state index in [0.29, 0.717) is 6.61 Å². The van der Waals surface area contributed by atoms with Crippen molar-refractivity contribution in [3.63, 3.8) is 0 Å². The van der Waals surface area contributed by atoms with Gasteiger partial charge in [-0.25, -0.2) is 0 Å². The second-order valence-electron chi connectivity index (χ2n) is 4.14. The summed E-state index contributed by atoms with van der Waals surface area (Å²) in [7, 11) is 0. The first-order chi connectivity index (χ1) is 9.81. The molecule has 1 N–H and O–H groups in total. The van der Waals surface area contributed by atoms with E-state index in [4.69, 9.17) is 17.0 Å². The molecule has 0 heterocycles. The maximum atomic E-state index is 5.55. The summed E-state index contributed by atoms with van der Waals surface area (Å²) in [5.41, 5.74) is 1.97. The topological polar surface area (TPSA) is 21.3 Å². The normalized spacial score (nSPS) is 10.4. The molecule has 0 saturated carbocycles. The minimum atomic E-state index is 0.644. The fourth-order valence-corrected chi connectivity index (χ4v) is 1.98. The van der Waals surface area contributed by atoms with Gasteiger partial charge >= 0.3 is 0 Å². The quantitative estimate of drug-likeness (QED) is 0.481. The summed E-state index contributed by atoms with van der Waals surface area (Å²) in [5, 5.41) is 3.21. The Morgan fingerprint density at radius 1 is 1.10 bits per heavy atom. The second kappa shape index (κ2) is 7.46. The van der Waals surface area contributed by atoms with E-state index < -0.39 is 0 Å². The van der Waals surface area contributed by atoms with E-state index in [1.807, 2.05) is 73.8 Å². The lowest BCUT2D eigenvalue weighted by Gasteiger charge is -2.09. The highest BCUT2D eigenvalue weighted by atomic mass is 32.1. The van der Waals surface area contributed by atoms with E-state index in [1.165, 1.54) is 0 Å². The molecular weight excluding hydrogens is 266 g/mol. The van der Waals surface area contributed by atoms with E-state index in [0.717, 1.165) is 21.9 Å². The number of ether oxygens (including phenoxy) is 1. The number of hydrogen-bond acceptors (Lipinski definition) is 3. The van der Waals surface area contributed by atoms with Crippen LogP contribution in [0.15, 0.2) is 66.9 Å². The van der Waals surface area contributed by atoms with E-state index in [1.54, 1.807) is 0 Å². The standard InChI is InChI=1S/C17H17NOS/c1-2-19-16-11-7-6-10-15(16)18-13-12-17(20)14-8-4-3-5-9-14/h3-13,18H,2H2,1H3. The molecule has 2 aromatic rings. The van der Waals surface area contributed by atoms with Gasteiger partial charge in [0.2, 0.25) is 0 Å². The summed E-state index contributed by atoms with van der Waals surface area (Å²) >= 11 is 5.36. The summed E-state index contributed by atoms with van der Waals surface area (Å²) in [4.78, 5) is 0.798. The molecule has 20 heavy (non-hydrogen) atoms. The van der Waals surface area contributed by atoms with Gasteiger partial charge in [0.1, 0.15) is 5.75 Å². The van der Waals surface area contributed by atoms with Gasteiger partial charge in [-0.3, -0.25) is 0 Å². The van der Waals surface area contributed by atoms with Crippen molar-refractivity contribution < 1.29 is 4.74 Å². The van der Waals surface area contributed by atoms with Crippen molar-refractivity contribution in [3.05, 3.63) is 72.4 Å². The van der Waals surface area contributed by atoms with Crippen LogP contribution in [-0.4, -0.2) is 11.5 Å². The molecule has 0 aromatic heterocycles. The first-order valence-electron chi connectivity index (χ1n) is 6.55. The van der Waals surface area contributed by atoms with Gasteiger partial charge in [0.25, 0.3) is 0 Å². The highest BCUT2D eigenvalue weighted by molar-refractivity contribution is 7.81. The van der Waals surface area contributed by atoms with Crippen LogP contribution in [0.3, 0.4) is 0 Å². The van der Waals surface area contributed by atoms with Gasteiger partial charge in [0.05, 0.1) is 12.3 Å². The van der Waals surface area contributed by atoms with Crippen molar-refractivity contribution in [1.29, 1.82) is 0 Å². The van der Waals surface area contributed by atoms with Crippen molar-refractivity contribution in [2.45, 2.75) is 6.92 Å². The summed E-state index contributed by atoms with van der Waals surface area (Å²) in [5.74, 6) is 0.838. The van der Waals surface area contributed by atoms with Crippen LogP contribution in [0.2, 0.25) is 0 Å². The summed E-state index contributed by atoms with van der Waals surface area (Å²) in [6.07, 6.45) is 3.72. The van der Waals surface area contributed by atoms with Crippen LogP contribution in [0.25, 0.3) is 0 Å². The summed E-state index contributed by atoms with van der Waals surface area (Å²) in [6, 6.07) is 17.8. The molecule has 2 aromatic carbocycles. The van der Waals surface area contributed by atoms with Crippen molar-refractivity contribution in [3.8, 4) is 5.75 Å². The lowest BCUT2D eigenvalue weighted by Crippen LogP contribution is -1.98. The third-order valence-electron chi connectivity index (χ3n) is 2.72. The fourth-order valence-electron chi connectivity index (χ4n) is 1.77. The van der Waals surface area contributed by atoms with Gasteiger partial charge in [0, 0.05) is 11.1 Å². The Hall–Kier alpha value is -2.13. The van der Waals surface area contributed by atoms with E-state index in [2.05, 4.69) is 5.32 Å². The minimum Gasteiger partial charge on any atom is -0.492 e. The zero-order valence-electron chi connectivity index (χ0n) is 11.4. The lowest BCUT2D eigenvalue weighted by atomic mass is 10.1. The maximum Gasteiger partial charge on any atom is 0.142 e. The first-order valence-corrected chi connectivity index (χ1v) is 6.96. The third-order valence-corrected chi connectivity index (χ3v) is 3.09. The molecule has 0 radical (unpaired) electrons. The molecule has 0 saturated heterocycles. The van der Waals surface area contributed by atoms with Gasteiger partial charge in [-0.1, -0.05) is 54.7 Å². The molecule has 0 aliphatic rings. The maximum absolute atomic E-state index is 5.55. The highest BCUT2D eigenvalue weighted by Gasteiger charge is 1.99.